The number of hydrogen-bond acceptors (Lipinski definition) is 7. The number of para-hydroxylation sites is 1. The van der Waals surface area contributed by atoms with Crippen molar-refractivity contribution < 1.29 is 22.9 Å². The van der Waals surface area contributed by atoms with Crippen molar-refractivity contribution in [2.24, 2.45) is 0 Å². The van der Waals surface area contributed by atoms with Crippen LogP contribution in [0.3, 0.4) is 0 Å². The van der Waals surface area contributed by atoms with Crippen LogP contribution in [0.25, 0.3) is 0 Å². The number of carbonyl (C=O) groups is 1. The molecule has 0 aromatic heterocycles. The Morgan fingerprint density at radius 3 is 2.26 bits per heavy atom. The minimum Gasteiger partial charge on any atom is -0.481 e. The summed E-state index contributed by atoms with van der Waals surface area (Å²) in [4.78, 5) is 27.4. The van der Waals surface area contributed by atoms with Crippen molar-refractivity contribution in [2.45, 2.75) is 31.8 Å². The molecule has 184 valence electrons. The van der Waals surface area contributed by atoms with Crippen LogP contribution in [0, 0.1) is 10.1 Å². The number of sulfonamides is 1. The molecular weight excluding hydrogens is 460 g/mol. The molecule has 0 radical (unpaired) electrons. The van der Waals surface area contributed by atoms with Crippen molar-refractivity contribution in [3.05, 3.63) is 58.6 Å². The molecule has 2 aromatic rings. The van der Waals surface area contributed by atoms with Gasteiger partial charge in [-0.3, -0.25) is 14.9 Å². The molecule has 0 aliphatic carbocycles. The van der Waals surface area contributed by atoms with Crippen LogP contribution in [-0.2, 0) is 14.8 Å². The van der Waals surface area contributed by atoms with Crippen LogP contribution in [0.15, 0.2) is 53.4 Å². The number of ether oxygens (including phenoxy) is 1. The second kappa shape index (κ2) is 10.8. The zero-order valence-corrected chi connectivity index (χ0v) is 20.4. The van der Waals surface area contributed by atoms with Gasteiger partial charge in [-0.15, -0.1) is 0 Å². The molecule has 1 atom stereocenters. The van der Waals surface area contributed by atoms with E-state index in [1.54, 1.807) is 42.7 Å². The van der Waals surface area contributed by atoms with E-state index < -0.39 is 21.1 Å². The number of nitro groups is 1. The van der Waals surface area contributed by atoms with Gasteiger partial charge < -0.3 is 14.5 Å². The minimum absolute atomic E-state index is 0.104. The molecule has 0 bridgehead atoms. The molecular formula is C23H30N4O6S. The molecule has 1 aliphatic rings. The summed E-state index contributed by atoms with van der Waals surface area (Å²) >= 11 is 0. The highest BCUT2D eigenvalue weighted by atomic mass is 32.2. The van der Waals surface area contributed by atoms with E-state index in [9.17, 15) is 23.3 Å². The van der Waals surface area contributed by atoms with Crippen LogP contribution in [0.2, 0.25) is 0 Å². The Balaban J connectivity index is 1.72. The number of rotatable bonds is 9. The number of hydrogen-bond donors (Lipinski definition) is 0. The van der Waals surface area contributed by atoms with Gasteiger partial charge in [0, 0.05) is 45.3 Å². The van der Waals surface area contributed by atoms with Gasteiger partial charge in [-0.1, -0.05) is 32.0 Å². The van der Waals surface area contributed by atoms with E-state index in [-0.39, 0.29) is 29.6 Å². The molecule has 34 heavy (non-hydrogen) atoms. The summed E-state index contributed by atoms with van der Waals surface area (Å²) in [6.45, 7) is 7.19. The smallest absolute Gasteiger partial charge is 0.293 e. The molecule has 0 spiro atoms. The van der Waals surface area contributed by atoms with Crippen molar-refractivity contribution in [2.75, 3.05) is 44.2 Å². The van der Waals surface area contributed by atoms with E-state index in [0.29, 0.717) is 37.6 Å². The predicted molar refractivity (Wildman–Crippen MR) is 129 cm³/mol. The van der Waals surface area contributed by atoms with E-state index in [1.165, 1.54) is 16.4 Å². The zero-order valence-electron chi connectivity index (χ0n) is 19.6. The maximum atomic E-state index is 12.8. The van der Waals surface area contributed by atoms with Crippen molar-refractivity contribution in [1.82, 2.24) is 9.21 Å². The molecule has 1 saturated heterocycles. The van der Waals surface area contributed by atoms with Gasteiger partial charge in [0.2, 0.25) is 10.0 Å². The summed E-state index contributed by atoms with van der Waals surface area (Å²) in [6, 6.07) is 13.1. The third-order valence-electron chi connectivity index (χ3n) is 5.82. The quantitative estimate of drug-likeness (QED) is 0.392. The maximum Gasteiger partial charge on any atom is 0.293 e. The molecule has 11 heteroatoms. The molecule has 2 aromatic carbocycles. The van der Waals surface area contributed by atoms with Gasteiger partial charge in [-0.2, -0.15) is 4.31 Å². The fourth-order valence-electron chi connectivity index (χ4n) is 3.97. The van der Waals surface area contributed by atoms with Crippen molar-refractivity contribution in [3.63, 3.8) is 0 Å². The molecule has 3 rings (SSSR count). The number of anilines is 1. The highest BCUT2D eigenvalue weighted by Gasteiger charge is 2.31. The Kier molecular flexibility index (Phi) is 8.11. The standard InChI is InChI=1S/C23H30N4O6S/c1-4-26(5-2)34(31,32)20-11-12-21(22(17-20)27(29)30)24-13-15-25(16-14-24)23(28)18(3)33-19-9-7-6-8-10-19/h6-12,17-18H,4-5,13-16H2,1-3H3. The van der Waals surface area contributed by atoms with E-state index in [4.69, 9.17) is 4.74 Å². The average Bonchev–Trinajstić information content (AvgIpc) is 2.84. The summed E-state index contributed by atoms with van der Waals surface area (Å²) in [7, 11) is -3.82. The number of piperazine rings is 1. The van der Waals surface area contributed by atoms with Crippen LogP contribution >= 0.6 is 0 Å². The second-order valence-electron chi connectivity index (χ2n) is 7.88. The van der Waals surface area contributed by atoms with Crippen molar-refractivity contribution >= 4 is 27.3 Å². The molecule has 0 saturated carbocycles. The van der Waals surface area contributed by atoms with Crippen LogP contribution < -0.4 is 9.64 Å². The monoisotopic (exact) mass is 490 g/mol. The number of carbonyl (C=O) groups excluding carboxylic acids is 1. The van der Waals surface area contributed by atoms with Crippen LogP contribution in [0.1, 0.15) is 20.8 Å². The SMILES string of the molecule is CCN(CC)S(=O)(=O)c1ccc(N2CCN(C(=O)C(C)Oc3ccccc3)CC2)c([N+](=O)[O-])c1. The van der Waals surface area contributed by atoms with Gasteiger partial charge in [0.1, 0.15) is 11.4 Å². The first-order valence-electron chi connectivity index (χ1n) is 11.2. The first kappa shape index (κ1) is 25.4. The Morgan fingerprint density at radius 2 is 1.71 bits per heavy atom. The Bertz CT molecular complexity index is 1110. The third kappa shape index (κ3) is 5.48. The fourth-order valence-corrected chi connectivity index (χ4v) is 5.45. The van der Waals surface area contributed by atoms with E-state index in [0.717, 1.165) is 6.07 Å². The highest BCUT2D eigenvalue weighted by Crippen LogP contribution is 2.32. The molecule has 1 fully saturated rings. The zero-order chi connectivity index (χ0) is 24.9. The van der Waals surface area contributed by atoms with E-state index in [1.807, 2.05) is 18.2 Å². The van der Waals surface area contributed by atoms with Crippen LogP contribution in [-0.4, -0.2) is 73.8 Å². The summed E-state index contributed by atoms with van der Waals surface area (Å²) in [5.41, 5.74) is 0.0676. The number of benzene rings is 2. The Labute approximate surface area is 199 Å². The summed E-state index contributed by atoms with van der Waals surface area (Å²) < 4.78 is 32.6. The van der Waals surface area contributed by atoms with Crippen molar-refractivity contribution in [3.8, 4) is 5.75 Å². The lowest BCUT2D eigenvalue weighted by Gasteiger charge is -2.36. The molecule has 1 amide bonds. The first-order chi connectivity index (χ1) is 16.2. The lowest BCUT2D eigenvalue weighted by Crippen LogP contribution is -2.52. The minimum atomic E-state index is -3.82. The van der Waals surface area contributed by atoms with E-state index in [2.05, 4.69) is 0 Å². The second-order valence-corrected chi connectivity index (χ2v) is 9.82. The normalized spacial score (nSPS) is 15.3. The Hall–Kier alpha value is -3.18. The van der Waals surface area contributed by atoms with Gasteiger partial charge in [0.15, 0.2) is 6.10 Å². The highest BCUT2D eigenvalue weighted by molar-refractivity contribution is 7.89. The lowest BCUT2D eigenvalue weighted by molar-refractivity contribution is -0.384. The fraction of sp³-hybridized carbons (Fsp3) is 0.435. The number of nitro benzene ring substituents is 1. The average molecular weight is 491 g/mol. The number of nitrogens with zero attached hydrogens (tertiary/aromatic N) is 4. The molecule has 0 N–H and O–H groups in total. The molecule has 1 unspecified atom stereocenters. The van der Waals surface area contributed by atoms with Gasteiger partial charge in [-0.05, 0) is 31.2 Å². The summed E-state index contributed by atoms with van der Waals surface area (Å²) in [5.74, 6) is 0.455. The van der Waals surface area contributed by atoms with Crippen LogP contribution in [0.5, 0.6) is 5.75 Å². The first-order valence-corrected chi connectivity index (χ1v) is 12.7. The largest absolute Gasteiger partial charge is 0.481 e. The van der Waals surface area contributed by atoms with Gasteiger partial charge in [0.05, 0.1) is 9.82 Å². The molecule has 10 nitrogen and oxygen atoms in total. The number of amides is 1. The summed E-state index contributed by atoms with van der Waals surface area (Å²) in [6.07, 6.45) is -0.659. The maximum absolute atomic E-state index is 12.8. The van der Waals surface area contributed by atoms with Gasteiger partial charge in [0.25, 0.3) is 11.6 Å². The Morgan fingerprint density at radius 1 is 1.09 bits per heavy atom. The van der Waals surface area contributed by atoms with E-state index >= 15 is 0 Å². The molecule has 1 heterocycles. The summed E-state index contributed by atoms with van der Waals surface area (Å²) in [5, 5.41) is 11.8. The lowest BCUT2D eigenvalue weighted by atomic mass is 10.2. The van der Waals surface area contributed by atoms with Gasteiger partial charge >= 0.3 is 0 Å². The molecule has 1 aliphatic heterocycles. The van der Waals surface area contributed by atoms with Gasteiger partial charge in [-0.25, -0.2) is 8.42 Å². The third-order valence-corrected chi connectivity index (χ3v) is 7.87. The van der Waals surface area contributed by atoms with Crippen molar-refractivity contribution in [1.29, 1.82) is 0 Å². The topological polar surface area (TPSA) is 113 Å². The van der Waals surface area contributed by atoms with Crippen LogP contribution in [0.4, 0.5) is 11.4 Å². The predicted octanol–water partition coefficient (Wildman–Crippen LogP) is 2.74.